The van der Waals surface area contributed by atoms with Gasteiger partial charge in [-0.2, -0.15) is 0 Å². The highest BCUT2D eigenvalue weighted by molar-refractivity contribution is 6.67. The Morgan fingerprint density at radius 1 is 0.667 bits per heavy atom. The molecule has 0 aliphatic heterocycles. The van der Waals surface area contributed by atoms with Crippen LogP contribution in [0.2, 0.25) is 0 Å². The fourth-order valence-corrected chi connectivity index (χ4v) is 2.78. The Hall–Kier alpha value is -0.190. The van der Waals surface area contributed by atoms with Crippen molar-refractivity contribution in [1.29, 1.82) is 0 Å². The Morgan fingerprint density at radius 2 is 1.11 bits per heavy atom. The van der Waals surface area contributed by atoms with E-state index in [1.54, 1.807) is 0 Å². The number of rotatable bonds is 17. The van der Waals surface area contributed by atoms with Crippen LogP contribution in [0.5, 0.6) is 0 Å². The number of hydrogen-bond donors (Lipinski definition) is 0. The number of halogens is 3. The van der Waals surface area contributed by atoms with Gasteiger partial charge < -0.3 is 9.47 Å². The molecule has 0 atom stereocenters. The van der Waals surface area contributed by atoms with Crippen LogP contribution in [0, 0.1) is 0 Å². The first-order chi connectivity index (χ1) is 12.8. The van der Waals surface area contributed by atoms with Gasteiger partial charge in [0.05, 0.1) is 6.61 Å². The van der Waals surface area contributed by atoms with Crippen molar-refractivity contribution >= 4 is 46.7 Å². The molecule has 0 bridgehead atoms. The van der Waals surface area contributed by atoms with Crippen molar-refractivity contribution in [3.8, 4) is 0 Å². The molecule has 0 saturated carbocycles. The van der Waals surface area contributed by atoms with E-state index in [0.717, 1.165) is 51.4 Å². The molecule has 0 aliphatic rings. The molecule has 0 N–H and O–H groups in total. The number of hydrogen-bond acceptors (Lipinski definition) is 4. The van der Waals surface area contributed by atoms with E-state index in [4.69, 9.17) is 44.3 Å². The highest BCUT2D eigenvalue weighted by Crippen LogP contribution is 2.26. The third-order valence-corrected chi connectivity index (χ3v) is 4.50. The lowest BCUT2D eigenvalue weighted by atomic mass is 10.1. The molecule has 0 unspecified atom stereocenters. The molecule has 0 aromatic heterocycles. The highest BCUT2D eigenvalue weighted by Gasteiger charge is 2.21. The van der Waals surface area contributed by atoms with Gasteiger partial charge in [0.25, 0.3) is 0 Å². The molecule has 0 radical (unpaired) electrons. The third-order valence-electron chi connectivity index (χ3n) is 4.17. The third kappa shape index (κ3) is 22.0. The second-order valence-electron chi connectivity index (χ2n) is 6.89. The number of carbonyl (C=O) groups is 2. The van der Waals surface area contributed by atoms with Crippen molar-refractivity contribution < 1.29 is 19.1 Å². The quantitative estimate of drug-likeness (QED) is 0.138. The molecule has 0 aromatic rings. The second-order valence-corrected chi connectivity index (χ2v) is 9.40. The topological polar surface area (TPSA) is 52.6 Å². The van der Waals surface area contributed by atoms with Gasteiger partial charge in [-0.15, -0.1) is 0 Å². The van der Waals surface area contributed by atoms with Gasteiger partial charge in [-0.05, 0) is 19.3 Å². The number of carbonyl (C=O) groups excluding carboxylic acids is 2. The fraction of sp³-hybridized carbons (Fsp3) is 0.900. The lowest BCUT2D eigenvalue weighted by molar-refractivity contribution is -0.144. The molecule has 0 fully saturated rings. The van der Waals surface area contributed by atoms with Gasteiger partial charge in [-0.1, -0.05) is 99.5 Å². The SMILES string of the molecule is CCCCCCCCOC(=O)CCCCCCCCC(=O)OCC(Cl)(Cl)Cl. The van der Waals surface area contributed by atoms with Gasteiger partial charge in [-0.3, -0.25) is 9.59 Å². The van der Waals surface area contributed by atoms with Crippen LogP contribution < -0.4 is 0 Å². The first-order valence-corrected chi connectivity index (χ1v) is 11.4. The Labute approximate surface area is 179 Å². The molecule has 0 amide bonds. The molecule has 7 heteroatoms. The number of unbranched alkanes of at least 4 members (excludes halogenated alkanes) is 10. The average molecular weight is 446 g/mol. The maximum atomic E-state index is 11.6. The molecule has 0 spiro atoms. The van der Waals surface area contributed by atoms with Crippen molar-refractivity contribution in [3.05, 3.63) is 0 Å². The molecule has 0 aliphatic carbocycles. The second kappa shape index (κ2) is 17.9. The maximum Gasteiger partial charge on any atom is 0.305 e. The predicted octanol–water partition coefficient (Wildman–Crippen LogP) is 6.92. The fourth-order valence-electron chi connectivity index (χ4n) is 2.62. The van der Waals surface area contributed by atoms with E-state index in [2.05, 4.69) is 6.92 Å². The monoisotopic (exact) mass is 444 g/mol. The van der Waals surface area contributed by atoms with Gasteiger partial charge in [0, 0.05) is 12.8 Å². The standard InChI is InChI=1S/C20H35Cl3O4/c1-2-3-4-5-10-13-16-26-18(24)14-11-8-6-7-9-12-15-19(25)27-17-20(21,22)23/h2-17H2,1H3. The lowest BCUT2D eigenvalue weighted by Gasteiger charge is -2.11. The minimum atomic E-state index is -1.55. The molecular formula is C20H35Cl3O4. The number of alkyl halides is 3. The molecule has 27 heavy (non-hydrogen) atoms. The van der Waals surface area contributed by atoms with E-state index in [1.165, 1.54) is 25.7 Å². The van der Waals surface area contributed by atoms with E-state index in [1.807, 2.05) is 0 Å². The summed E-state index contributed by atoms with van der Waals surface area (Å²) in [7, 11) is 0. The zero-order valence-corrected chi connectivity index (χ0v) is 18.8. The van der Waals surface area contributed by atoms with Gasteiger partial charge in [0.15, 0.2) is 0 Å². The van der Waals surface area contributed by atoms with Crippen molar-refractivity contribution in [2.45, 2.75) is 101 Å². The van der Waals surface area contributed by atoms with E-state index in [-0.39, 0.29) is 18.5 Å². The number of esters is 2. The normalized spacial score (nSPS) is 11.4. The summed E-state index contributed by atoms with van der Waals surface area (Å²) in [5, 5.41) is 0. The van der Waals surface area contributed by atoms with E-state index in [9.17, 15) is 9.59 Å². The molecule has 0 aromatic carbocycles. The van der Waals surface area contributed by atoms with E-state index < -0.39 is 3.79 Å². The summed E-state index contributed by atoms with van der Waals surface area (Å²) in [6.07, 6.45) is 13.7. The summed E-state index contributed by atoms with van der Waals surface area (Å²) in [5.41, 5.74) is 0. The summed E-state index contributed by atoms with van der Waals surface area (Å²) in [5.74, 6) is -0.422. The summed E-state index contributed by atoms with van der Waals surface area (Å²) in [6, 6.07) is 0. The predicted molar refractivity (Wildman–Crippen MR) is 113 cm³/mol. The Balaban J connectivity index is 3.32. The smallest absolute Gasteiger partial charge is 0.305 e. The Morgan fingerprint density at radius 3 is 1.63 bits per heavy atom. The average Bonchev–Trinajstić information content (AvgIpc) is 2.60. The van der Waals surface area contributed by atoms with Crippen LogP contribution in [0.15, 0.2) is 0 Å². The molecule has 0 saturated heterocycles. The summed E-state index contributed by atoms with van der Waals surface area (Å²) >= 11 is 16.5. The minimum Gasteiger partial charge on any atom is -0.466 e. The van der Waals surface area contributed by atoms with Crippen LogP contribution >= 0.6 is 34.8 Å². The van der Waals surface area contributed by atoms with Crippen LogP contribution in [0.1, 0.15) is 96.8 Å². The highest BCUT2D eigenvalue weighted by atomic mass is 35.6. The van der Waals surface area contributed by atoms with Crippen LogP contribution in [0.4, 0.5) is 0 Å². The van der Waals surface area contributed by atoms with Crippen LogP contribution in [0.3, 0.4) is 0 Å². The van der Waals surface area contributed by atoms with Gasteiger partial charge >= 0.3 is 11.9 Å². The zero-order chi connectivity index (χ0) is 20.4. The maximum absolute atomic E-state index is 11.6. The van der Waals surface area contributed by atoms with Crippen molar-refractivity contribution in [2.75, 3.05) is 13.2 Å². The van der Waals surface area contributed by atoms with Crippen molar-refractivity contribution in [1.82, 2.24) is 0 Å². The molecule has 160 valence electrons. The first-order valence-electron chi connectivity index (χ1n) is 10.2. The molecular weight excluding hydrogens is 411 g/mol. The van der Waals surface area contributed by atoms with Crippen LogP contribution in [0.25, 0.3) is 0 Å². The zero-order valence-electron chi connectivity index (χ0n) is 16.6. The first kappa shape index (κ1) is 26.8. The molecule has 0 rings (SSSR count). The minimum absolute atomic E-state index is 0.0831. The van der Waals surface area contributed by atoms with E-state index >= 15 is 0 Å². The van der Waals surface area contributed by atoms with Crippen LogP contribution in [-0.4, -0.2) is 28.9 Å². The molecule has 0 heterocycles. The lowest BCUT2D eigenvalue weighted by Crippen LogP contribution is -2.17. The Kier molecular flexibility index (Phi) is 17.8. The van der Waals surface area contributed by atoms with Crippen molar-refractivity contribution in [3.63, 3.8) is 0 Å². The summed E-state index contributed by atoms with van der Waals surface area (Å²) < 4.78 is 8.55. The number of ether oxygens (including phenoxy) is 2. The summed E-state index contributed by atoms with van der Waals surface area (Å²) in [4.78, 5) is 23.0. The van der Waals surface area contributed by atoms with Gasteiger partial charge in [-0.25, -0.2) is 0 Å². The molecule has 4 nitrogen and oxygen atoms in total. The summed E-state index contributed by atoms with van der Waals surface area (Å²) in [6.45, 7) is 2.54. The largest absolute Gasteiger partial charge is 0.466 e. The van der Waals surface area contributed by atoms with Gasteiger partial charge in [0.1, 0.15) is 6.61 Å². The van der Waals surface area contributed by atoms with E-state index in [0.29, 0.717) is 19.4 Å². The van der Waals surface area contributed by atoms with Crippen molar-refractivity contribution in [2.24, 2.45) is 0 Å². The van der Waals surface area contributed by atoms with Crippen LogP contribution in [-0.2, 0) is 19.1 Å². The Bertz CT molecular complexity index is 384. The van der Waals surface area contributed by atoms with Gasteiger partial charge in [0.2, 0.25) is 3.79 Å².